The molecule has 3 nitrogen and oxygen atoms in total. The zero-order valence-corrected chi connectivity index (χ0v) is 9.48. The molecule has 0 aromatic heterocycles. The monoisotopic (exact) mass is 240 g/mol. The van der Waals surface area contributed by atoms with Crippen molar-refractivity contribution in [2.45, 2.75) is 25.4 Å². The van der Waals surface area contributed by atoms with Gasteiger partial charge in [-0.2, -0.15) is 0 Å². The molecule has 0 heterocycles. The first-order valence-corrected chi connectivity index (χ1v) is 5.68. The van der Waals surface area contributed by atoms with E-state index < -0.39 is 5.97 Å². The van der Waals surface area contributed by atoms with Crippen molar-refractivity contribution in [1.82, 2.24) is 0 Å². The Morgan fingerprint density at radius 1 is 1.31 bits per heavy atom. The van der Waals surface area contributed by atoms with Gasteiger partial charge in [-0.05, 0) is 43.5 Å². The SMILES string of the molecule is O=C(O)C1CCC(Oc2ccc(Cl)cc2)C1. The van der Waals surface area contributed by atoms with Crippen molar-refractivity contribution in [3.8, 4) is 5.75 Å². The van der Waals surface area contributed by atoms with Crippen molar-refractivity contribution in [2.75, 3.05) is 0 Å². The van der Waals surface area contributed by atoms with Gasteiger partial charge in [0.25, 0.3) is 0 Å². The third-order valence-corrected chi connectivity index (χ3v) is 3.10. The van der Waals surface area contributed by atoms with Crippen LogP contribution in [0.2, 0.25) is 5.02 Å². The highest BCUT2D eigenvalue weighted by Gasteiger charge is 2.30. The second kappa shape index (κ2) is 4.74. The van der Waals surface area contributed by atoms with E-state index in [0.717, 1.165) is 12.2 Å². The number of halogens is 1. The molecule has 0 radical (unpaired) electrons. The van der Waals surface area contributed by atoms with Gasteiger partial charge in [0.1, 0.15) is 5.75 Å². The highest BCUT2D eigenvalue weighted by molar-refractivity contribution is 6.30. The van der Waals surface area contributed by atoms with Gasteiger partial charge in [-0.25, -0.2) is 0 Å². The molecule has 2 unspecified atom stereocenters. The van der Waals surface area contributed by atoms with E-state index in [4.69, 9.17) is 21.4 Å². The molecule has 1 aliphatic rings. The van der Waals surface area contributed by atoms with Crippen LogP contribution in [-0.2, 0) is 4.79 Å². The van der Waals surface area contributed by atoms with Gasteiger partial charge in [0.15, 0.2) is 0 Å². The van der Waals surface area contributed by atoms with Gasteiger partial charge in [-0.1, -0.05) is 11.6 Å². The maximum absolute atomic E-state index is 10.8. The Kier molecular flexibility index (Phi) is 3.34. The number of ether oxygens (including phenoxy) is 1. The first-order chi connectivity index (χ1) is 7.65. The van der Waals surface area contributed by atoms with E-state index in [1.165, 1.54) is 0 Å². The number of hydrogen-bond acceptors (Lipinski definition) is 2. The molecule has 2 rings (SSSR count). The molecule has 16 heavy (non-hydrogen) atoms. The molecule has 86 valence electrons. The van der Waals surface area contributed by atoms with Crippen LogP contribution >= 0.6 is 11.6 Å². The molecule has 1 fully saturated rings. The highest BCUT2D eigenvalue weighted by atomic mass is 35.5. The average Bonchev–Trinajstić information content (AvgIpc) is 2.70. The summed E-state index contributed by atoms with van der Waals surface area (Å²) in [6.07, 6.45) is 2.12. The summed E-state index contributed by atoms with van der Waals surface area (Å²) in [7, 11) is 0. The summed E-state index contributed by atoms with van der Waals surface area (Å²) in [5.41, 5.74) is 0. The molecule has 1 saturated carbocycles. The van der Waals surface area contributed by atoms with Crippen molar-refractivity contribution < 1.29 is 14.6 Å². The molecule has 0 amide bonds. The maximum Gasteiger partial charge on any atom is 0.306 e. The predicted molar refractivity (Wildman–Crippen MR) is 60.8 cm³/mol. The van der Waals surface area contributed by atoms with E-state index >= 15 is 0 Å². The topological polar surface area (TPSA) is 46.5 Å². The Hall–Kier alpha value is -1.22. The van der Waals surface area contributed by atoms with Crippen molar-refractivity contribution in [3.05, 3.63) is 29.3 Å². The average molecular weight is 241 g/mol. The van der Waals surface area contributed by atoms with Crippen molar-refractivity contribution in [1.29, 1.82) is 0 Å². The summed E-state index contributed by atoms with van der Waals surface area (Å²) in [5, 5.41) is 9.53. The minimum atomic E-state index is -0.720. The van der Waals surface area contributed by atoms with E-state index in [2.05, 4.69) is 0 Å². The van der Waals surface area contributed by atoms with Crippen LogP contribution in [0.4, 0.5) is 0 Å². The minimum absolute atomic E-state index is 0.0160. The molecular formula is C12H13ClO3. The fourth-order valence-electron chi connectivity index (χ4n) is 1.98. The molecule has 1 aromatic rings. The molecule has 0 aliphatic heterocycles. The Labute approximate surface area is 99.0 Å². The number of carboxylic acid groups (broad SMARTS) is 1. The lowest BCUT2D eigenvalue weighted by Gasteiger charge is -2.13. The number of carbonyl (C=O) groups is 1. The summed E-state index contributed by atoms with van der Waals surface area (Å²) >= 11 is 5.76. The van der Waals surface area contributed by atoms with Crippen LogP contribution in [-0.4, -0.2) is 17.2 Å². The number of hydrogen-bond donors (Lipinski definition) is 1. The standard InChI is InChI=1S/C12H13ClO3/c13-9-2-5-10(6-3-9)16-11-4-1-8(7-11)12(14)15/h2-3,5-6,8,11H,1,4,7H2,(H,14,15). The molecule has 4 heteroatoms. The van der Waals surface area contributed by atoms with Gasteiger partial charge in [-0.15, -0.1) is 0 Å². The maximum atomic E-state index is 10.8. The van der Waals surface area contributed by atoms with Crippen LogP contribution in [0.25, 0.3) is 0 Å². The van der Waals surface area contributed by atoms with Gasteiger partial charge in [0.2, 0.25) is 0 Å². The van der Waals surface area contributed by atoms with Crippen LogP contribution < -0.4 is 4.74 Å². The first-order valence-electron chi connectivity index (χ1n) is 5.30. The van der Waals surface area contributed by atoms with E-state index in [9.17, 15) is 4.79 Å². The summed E-state index contributed by atoms with van der Waals surface area (Å²) in [6.45, 7) is 0. The fraction of sp³-hybridized carbons (Fsp3) is 0.417. The van der Waals surface area contributed by atoms with E-state index in [1.807, 2.05) is 0 Å². The Morgan fingerprint density at radius 2 is 2.00 bits per heavy atom. The Balaban J connectivity index is 1.92. The normalized spacial score (nSPS) is 24.3. The Morgan fingerprint density at radius 3 is 2.56 bits per heavy atom. The van der Waals surface area contributed by atoms with Crippen LogP contribution in [0, 0.1) is 5.92 Å². The molecule has 1 aromatic carbocycles. The van der Waals surface area contributed by atoms with E-state index in [-0.39, 0.29) is 12.0 Å². The molecule has 1 N–H and O–H groups in total. The number of rotatable bonds is 3. The van der Waals surface area contributed by atoms with E-state index in [0.29, 0.717) is 17.9 Å². The predicted octanol–water partition coefficient (Wildman–Crippen LogP) is 2.97. The molecular weight excluding hydrogens is 228 g/mol. The van der Waals surface area contributed by atoms with Gasteiger partial charge in [0.05, 0.1) is 12.0 Å². The summed E-state index contributed by atoms with van der Waals surface area (Å²) in [6, 6.07) is 7.13. The lowest BCUT2D eigenvalue weighted by molar-refractivity contribution is -0.141. The summed E-state index contributed by atoms with van der Waals surface area (Å²) in [4.78, 5) is 10.8. The van der Waals surface area contributed by atoms with Gasteiger partial charge in [0, 0.05) is 5.02 Å². The van der Waals surface area contributed by atoms with Crippen molar-refractivity contribution in [2.24, 2.45) is 5.92 Å². The van der Waals surface area contributed by atoms with Crippen LogP contribution in [0.1, 0.15) is 19.3 Å². The quantitative estimate of drug-likeness (QED) is 0.884. The lowest BCUT2D eigenvalue weighted by Crippen LogP contribution is -2.15. The third kappa shape index (κ3) is 2.67. The van der Waals surface area contributed by atoms with Gasteiger partial charge >= 0.3 is 5.97 Å². The smallest absolute Gasteiger partial charge is 0.306 e. The minimum Gasteiger partial charge on any atom is -0.490 e. The highest BCUT2D eigenvalue weighted by Crippen LogP contribution is 2.29. The van der Waals surface area contributed by atoms with E-state index in [1.54, 1.807) is 24.3 Å². The van der Waals surface area contributed by atoms with Crippen molar-refractivity contribution in [3.63, 3.8) is 0 Å². The third-order valence-electron chi connectivity index (χ3n) is 2.85. The van der Waals surface area contributed by atoms with Crippen LogP contribution in [0.5, 0.6) is 5.75 Å². The fourth-order valence-corrected chi connectivity index (χ4v) is 2.10. The molecule has 0 bridgehead atoms. The largest absolute Gasteiger partial charge is 0.490 e. The van der Waals surface area contributed by atoms with Crippen LogP contribution in [0.15, 0.2) is 24.3 Å². The lowest BCUT2D eigenvalue weighted by atomic mass is 10.1. The van der Waals surface area contributed by atoms with Crippen LogP contribution in [0.3, 0.4) is 0 Å². The zero-order chi connectivity index (χ0) is 11.5. The van der Waals surface area contributed by atoms with Gasteiger partial charge < -0.3 is 9.84 Å². The number of aliphatic carboxylic acids is 1. The molecule has 0 spiro atoms. The first kappa shape index (κ1) is 11.3. The Bertz CT molecular complexity index is 374. The molecule has 0 saturated heterocycles. The second-order valence-electron chi connectivity index (χ2n) is 4.04. The summed E-state index contributed by atoms with van der Waals surface area (Å²) < 4.78 is 5.69. The van der Waals surface area contributed by atoms with Crippen molar-refractivity contribution >= 4 is 17.6 Å². The molecule has 1 aliphatic carbocycles. The number of carboxylic acids is 1. The van der Waals surface area contributed by atoms with Gasteiger partial charge in [-0.3, -0.25) is 4.79 Å². The summed E-state index contributed by atoms with van der Waals surface area (Å²) in [5.74, 6) is -0.222. The zero-order valence-electron chi connectivity index (χ0n) is 8.73. The molecule has 2 atom stereocenters. The second-order valence-corrected chi connectivity index (χ2v) is 4.48. The number of benzene rings is 1.